The van der Waals surface area contributed by atoms with Crippen LogP contribution in [0, 0.1) is 0 Å². The quantitative estimate of drug-likeness (QED) is 0.717. The number of rotatable bonds is 8. The van der Waals surface area contributed by atoms with E-state index in [1.165, 1.54) is 24.2 Å². The average Bonchev–Trinajstić information content (AvgIpc) is 2.38. The maximum Gasteiger partial charge on any atom is 0.119 e. The van der Waals surface area contributed by atoms with Crippen LogP contribution in [0.5, 0.6) is 5.75 Å². The van der Waals surface area contributed by atoms with Crippen molar-refractivity contribution in [3.8, 4) is 5.75 Å². The van der Waals surface area contributed by atoms with Gasteiger partial charge >= 0.3 is 0 Å². The zero-order chi connectivity index (χ0) is 12.5. The lowest BCUT2D eigenvalue weighted by molar-refractivity contribution is 0.413. The molecule has 0 aliphatic rings. The zero-order valence-corrected chi connectivity index (χ0v) is 11.8. The van der Waals surface area contributed by atoms with Gasteiger partial charge in [-0.1, -0.05) is 12.1 Å². The summed E-state index contributed by atoms with van der Waals surface area (Å²) in [6, 6.07) is 8.65. The van der Waals surface area contributed by atoms with Gasteiger partial charge in [-0.05, 0) is 56.0 Å². The summed E-state index contributed by atoms with van der Waals surface area (Å²) in [6.07, 6.45) is 4.69. The lowest BCUT2D eigenvalue weighted by Crippen LogP contribution is -2.19. The normalized spacial score (nSPS) is 12.4. The molecule has 1 aromatic rings. The summed E-state index contributed by atoms with van der Waals surface area (Å²) >= 11 is 1.92. The molecule has 0 bridgehead atoms. The first-order chi connectivity index (χ1) is 8.27. The molecular formula is C14H23NOS. The smallest absolute Gasteiger partial charge is 0.119 e. The van der Waals surface area contributed by atoms with Crippen molar-refractivity contribution in [2.24, 2.45) is 0 Å². The van der Waals surface area contributed by atoms with E-state index in [1.54, 1.807) is 7.11 Å². The number of ether oxygens (including phenoxy) is 1. The van der Waals surface area contributed by atoms with Gasteiger partial charge in [0, 0.05) is 6.04 Å². The van der Waals surface area contributed by atoms with E-state index in [4.69, 9.17) is 4.74 Å². The molecular weight excluding hydrogens is 230 g/mol. The van der Waals surface area contributed by atoms with Gasteiger partial charge in [0.25, 0.3) is 0 Å². The zero-order valence-electron chi connectivity index (χ0n) is 11.0. The van der Waals surface area contributed by atoms with Crippen molar-refractivity contribution in [1.82, 2.24) is 5.32 Å². The summed E-state index contributed by atoms with van der Waals surface area (Å²) in [4.78, 5) is 0. The standard InChI is InChI=1S/C14H23NOS/c1-12(15-9-4-5-10-17-3)13-7-6-8-14(11-13)16-2/h6-8,11-12,15H,4-5,9-10H2,1-3H3/t12-/m0/s1. The van der Waals surface area contributed by atoms with E-state index in [1.807, 2.05) is 23.9 Å². The van der Waals surface area contributed by atoms with E-state index < -0.39 is 0 Å². The fourth-order valence-corrected chi connectivity index (χ4v) is 2.21. The summed E-state index contributed by atoms with van der Waals surface area (Å²) < 4.78 is 5.23. The molecule has 0 heterocycles. The van der Waals surface area contributed by atoms with Crippen molar-refractivity contribution in [3.63, 3.8) is 0 Å². The summed E-state index contributed by atoms with van der Waals surface area (Å²) in [5.41, 5.74) is 1.29. The third-order valence-electron chi connectivity index (χ3n) is 2.82. The van der Waals surface area contributed by atoms with Crippen LogP contribution in [-0.4, -0.2) is 25.7 Å². The molecule has 96 valence electrons. The number of hydrogen-bond donors (Lipinski definition) is 1. The maximum absolute atomic E-state index is 5.23. The van der Waals surface area contributed by atoms with Crippen molar-refractivity contribution in [2.45, 2.75) is 25.8 Å². The molecule has 2 nitrogen and oxygen atoms in total. The van der Waals surface area contributed by atoms with E-state index in [0.717, 1.165) is 12.3 Å². The van der Waals surface area contributed by atoms with Gasteiger partial charge in [-0.15, -0.1) is 0 Å². The Morgan fingerprint density at radius 1 is 1.35 bits per heavy atom. The highest BCUT2D eigenvalue weighted by atomic mass is 32.2. The minimum Gasteiger partial charge on any atom is -0.497 e. The van der Waals surface area contributed by atoms with Crippen LogP contribution in [0.3, 0.4) is 0 Å². The van der Waals surface area contributed by atoms with Crippen LogP contribution in [0.1, 0.15) is 31.4 Å². The number of unbranched alkanes of at least 4 members (excludes halogenated alkanes) is 1. The van der Waals surface area contributed by atoms with E-state index >= 15 is 0 Å². The third kappa shape index (κ3) is 5.46. The van der Waals surface area contributed by atoms with E-state index in [9.17, 15) is 0 Å². The summed E-state index contributed by atoms with van der Waals surface area (Å²) in [5, 5.41) is 3.54. The Morgan fingerprint density at radius 2 is 2.18 bits per heavy atom. The molecule has 17 heavy (non-hydrogen) atoms. The van der Waals surface area contributed by atoms with Crippen LogP contribution < -0.4 is 10.1 Å². The molecule has 0 unspecified atom stereocenters. The second-order valence-corrected chi connectivity index (χ2v) is 5.14. The van der Waals surface area contributed by atoms with Gasteiger partial charge in [0.2, 0.25) is 0 Å². The van der Waals surface area contributed by atoms with Gasteiger partial charge < -0.3 is 10.1 Å². The van der Waals surface area contributed by atoms with Crippen LogP contribution in [0.25, 0.3) is 0 Å². The van der Waals surface area contributed by atoms with E-state index in [0.29, 0.717) is 6.04 Å². The van der Waals surface area contributed by atoms with Gasteiger partial charge in [0.1, 0.15) is 5.75 Å². The molecule has 0 saturated carbocycles. The minimum atomic E-state index is 0.388. The Bertz CT molecular complexity index is 317. The van der Waals surface area contributed by atoms with Crippen LogP contribution in [0.4, 0.5) is 0 Å². The minimum absolute atomic E-state index is 0.388. The summed E-state index contributed by atoms with van der Waals surface area (Å²) in [7, 11) is 1.71. The molecule has 0 spiro atoms. The highest BCUT2D eigenvalue weighted by molar-refractivity contribution is 7.98. The Hall–Kier alpha value is -0.670. The number of thioether (sulfide) groups is 1. The van der Waals surface area contributed by atoms with Gasteiger partial charge in [0.05, 0.1) is 7.11 Å². The number of methoxy groups -OCH3 is 1. The Labute approximate surface area is 109 Å². The first kappa shape index (κ1) is 14.4. The van der Waals surface area contributed by atoms with Gasteiger partial charge in [0.15, 0.2) is 0 Å². The predicted molar refractivity (Wildman–Crippen MR) is 77.0 cm³/mol. The number of hydrogen-bond acceptors (Lipinski definition) is 3. The fraction of sp³-hybridized carbons (Fsp3) is 0.571. The predicted octanol–water partition coefficient (Wildman–Crippen LogP) is 3.49. The fourth-order valence-electron chi connectivity index (χ4n) is 1.72. The van der Waals surface area contributed by atoms with Crippen LogP contribution in [0.15, 0.2) is 24.3 Å². The van der Waals surface area contributed by atoms with Crippen molar-refractivity contribution < 1.29 is 4.74 Å². The van der Waals surface area contributed by atoms with Crippen LogP contribution in [0.2, 0.25) is 0 Å². The molecule has 0 aliphatic heterocycles. The molecule has 1 atom stereocenters. The first-order valence-electron chi connectivity index (χ1n) is 6.14. The lowest BCUT2D eigenvalue weighted by Gasteiger charge is -2.15. The van der Waals surface area contributed by atoms with Gasteiger partial charge in [-0.2, -0.15) is 11.8 Å². The largest absolute Gasteiger partial charge is 0.497 e. The Kier molecular flexibility index (Phi) is 7.13. The third-order valence-corrected chi connectivity index (χ3v) is 3.52. The molecule has 0 fully saturated rings. The number of nitrogens with one attached hydrogen (secondary N) is 1. The average molecular weight is 253 g/mol. The number of benzene rings is 1. The highest BCUT2D eigenvalue weighted by Crippen LogP contribution is 2.18. The molecule has 1 aromatic carbocycles. The topological polar surface area (TPSA) is 21.3 Å². The molecule has 0 radical (unpaired) electrons. The van der Waals surface area contributed by atoms with Crippen molar-refractivity contribution >= 4 is 11.8 Å². The van der Waals surface area contributed by atoms with Crippen molar-refractivity contribution in [3.05, 3.63) is 29.8 Å². The Morgan fingerprint density at radius 3 is 2.88 bits per heavy atom. The van der Waals surface area contributed by atoms with Crippen LogP contribution >= 0.6 is 11.8 Å². The van der Waals surface area contributed by atoms with Crippen molar-refractivity contribution in [2.75, 3.05) is 25.7 Å². The highest BCUT2D eigenvalue weighted by Gasteiger charge is 2.04. The second kappa shape index (κ2) is 8.43. The first-order valence-corrected chi connectivity index (χ1v) is 7.53. The molecule has 0 saturated heterocycles. The Balaban J connectivity index is 2.33. The summed E-state index contributed by atoms with van der Waals surface area (Å²) in [6.45, 7) is 3.28. The van der Waals surface area contributed by atoms with E-state index in [-0.39, 0.29) is 0 Å². The monoisotopic (exact) mass is 253 g/mol. The SMILES string of the molecule is COc1cccc([C@H](C)NCCCCSC)c1. The van der Waals surface area contributed by atoms with Crippen LogP contribution in [-0.2, 0) is 0 Å². The molecule has 3 heteroatoms. The molecule has 0 aliphatic carbocycles. The van der Waals surface area contributed by atoms with Gasteiger partial charge in [-0.3, -0.25) is 0 Å². The molecule has 1 N–H and O–H groups in total. The second-order valence-electron chi connectivity index (χ2n) is 4.15. The lowest BCUT2D eigenvalue weighted by atomic mass is 10.1. The van der Waals surface area contributed by atoms with Gasteiger partial charge in [-0.25, -0.2) is 0 Å². The van der Waals surface area contributed by atoms with Crippen molar-refractivity contribution in [1.29, 1.82) is 0 Å². The van der Waals surface area contributed by atoms with E-state index in [2.05, 4.69) is 30.6 Å². The molecule has 1 rings (SSSR count). The molecule has 0 amide bonds. The molecule has 0 aromatic heterocycles. The maximum atomic E-state index is 5.23. The summed E-state index contributed by atoms with van der Waals surface area (Å²) in [5.74, 6) is 2.19.